The molecule has 0 rings (SSSR count). The van der Waals surface area contributed by atoms with Crippen molar-refractivity contribution in [1.82, 2.24) is 6.15 Å². The maximum absolute atomic E-state index is 8.89. The molecule has 0 aliphatic rings. The Bertz CT molecular complexity index is 167. The summed E-state index contributed by atoms with van der Waals surface area (Å²) in [5.74, 6) is -4.33. The number of carboxylic acid groups (broad SMARTS) is 4. The molecule has 101 valence electrons. The summed E-state index contributed by atoms with van der Waals surface area (Å²) in [6.45, 7) is 3.89. The van der Waals surface area contributed by atoms with Crippen LogP contribution in [0.2, 0.25) is 0 Å². The van der Waals surface area contributed by atoms with E-state index in [1.54, 1.807) is 0 Å². The topological polar surface area (TPSA) is 191 Å². The van der Waals surface area contributed by atoms with Gasteiger partial charge in [0, 0.05) is 30.0 Å². The van der Waals surface area contributed by atoms with Gasteiger partial charge in [0.05, 0.1) is 0 Å². The number of nitrogens with zero attached hydrogens (tertiary/aromatic N) is 1. The van der Waals surface area contributed by atoms with Crippen molar-refractivity contribution < 1.29 is 65.8 Å². The third-order valence-electron chi connectivity index (χ3n) is 0. The average Bonchev–Trinajstić information content (AvgIpc) is 1.76. The first kappa shape index (κ1) is 36.0. The Hall–Kier alpha value is -1.28. The summed E-state index contributed by atoms with van der Waals surface area (Å²) in [6, 6.07) is 0. The average molecular weight is 341 g/mol. The van der Waals surface area contributed by atoms with E-state index in [1.807, 2.05) is 0 Å². The van der Waals surface area contributed by atoms with E-state index in [0.717, 1.165) is 27.7 Å². The molecule has 0 amide bonds. The molecule has 0 aliphatic carbocycles. The van der Waals surface area contributed by atoms with Gasteiger partial charge in [0.15, 0.2) is 0 Å². The van der Waals surface area contributed by atoms with Gasteiger partial charge in [0.2, 0.25) is 0 Å². The van der Waals surface area contributed by atoms with E-state index in [2.05, 4.69) is 0 Å². The van der Waals surface area contributed by atoms with Crippen molar-refractivity contribution in [2.45, 2.75) is 27.7 Å². The fraction of sp³-hybridized carbons (Fsp3) is 0.500. The molecule has 0 bridgehead atoms. The van der Waals surface area contributed by atoms with Crippen molar-refractivity contribution in [1.29, 1.82) is 0 Å². The molecule has 0 spiro atoms. The number of rotatable bonds is 0. The third kappa shape index (κ3) is 1700. The molecule has 0 aromatic carbocycles. The minimum atomic E-state index is -1.08. The van der Waals surface area contributed by atoms with Gasteiger partial charge >= 0.3 is 26.2 Å². The van der Waals surface area contributed by atoms with Crippen molar-refractivity contribution in [2.75, 3.05) is 0 Å². The molecule has 0 fully saturated rings. The molecule has 0 N–H and O–H groups in total. The number of aliphatic carboxylic acids is 4. The molecule has 0 atom stereocenters. The Morgan fingerprint density at radius 2 is 0.556 bits per heavy atom. The van der Waals surface area contributed by atoms with Crippen LogP contribution in [0.25, 0.3) is 0 Å². The minimum Gasteiger partial charge on any atom is -0.550 e. The third-order valence-corrected chi connectivity index (χ3v) is 0. The van der Waals surface area contributed by atoms with Crippen molar-refractivity contribution in [3.63, 3.8) is 0 Å². The van der Waals surface area contributed by atoms with E-state index in [4.69, 9.17) is 39.6 Å². The van der Waals surface area contributed by atoms with E-state index in [1.165, 1.54) is 0 Å². The van der Waals surface area contributed by atoms with E-state index < -0.39 is 23.9 Å². The first-order valence-corrected chi connectivity index (χ1v) is 3.63. The summed E-state index contributed by atoms with van der Waals surface area (Å²) in [7, 11) is 0. The molecule has 18 heavy (non-hydrogen) atoms. The smallest absolute Gasteiger partial charge is 0.550 e. The first-order chi connectivity index (χ1) is 6.93. The monoisotopic (exact) mass is 340 g/mol. The van der Waals surface area contributed by atoms with Crippen LogP contribution in [0.15, 0.2) is 0 Å². The second-order valence-electron chi connectivity index (χ2n) is 1.97. The predicted octanol–water partition coefficient (Wildman–Crippen LogP) is -5.46. The van der Waals surface area contributed by atoms with E-state index >= 15 is 0 Å². The Kier molecular flexibility index (Phi) is 59.2. The number of hydrogen-bond acceptors (Lipinski definition) is 8. The second-order valence-corrected chi connectivity index (χ2v) is 1.97. The van der Waals surface area contributed by atoms with Crippen molar-refractivity contribution >= 4 is 23.9 Å². The van der Waals surface area contributed by atoms with Gasteiger partial charge in [-0.2, -0.15) is 0 Å². The van der Waals surface area contributed by atoms with E-state index in [-0.39, 0.29) is 32.4 Å². The van der Waals surface area contributed by atoms with Crippen LogP contribution >= 0.6 is 0 Å². The van der Waals surface area contributed by atoms with Gasteiger partial charge in [-0.05, 0) is 27.7 Å². The van der Waals surface area contributed by atoms with Gasteiger partial charge in [-0.3, -0.25) is 0 Å². The second kappa shape index (κ2) is 29.6. The Labute approximate surface area is 124 Å². The van der Waals surface area contributed by atoms with Gasteiger partial charge in [-0.15, -0.1) is 0 Å². The fourth-order valence-electron chi connectivity index (χ4n) is 0. The zero-order valence-electron chi connectivity index (χ0n) is 10.2. The fourth-order valence-corrected chi connectivity index (χ4v) is 0. The van der Waals surface area contributed by atoms with Crippen LogP contribution in [0.3, 0.4) is 0 Å². The van der Waals surface area contributed by atoms with Crippen molar-refractivity contribution in [2.24, 2.45) is 0 Å². The quantitative estimate of drug-likeness (QED) is 0.416. The molecular weight excluding hydrogens is 329 g/mol. The Balaban J connectivity index is -0.0000000257. The molecule has 9 nitrogen and oxygen atoms in total. The van der Waals surface area contributed by atoms with Crippen molar-refractivity contribution in [3.05, 3.63) is 0 Å². The molecule has 0 saturated carbocycles. The molecular formula is C8H12NO8Zr. The van der Waals surface area contributed by atoms with Gasteiger partial charge in [0.1, 0.15) is 0 Å². The Morgan fingerprint density at radius 3 is 0.556 bits per heavy atom. The van der Waals surface area contributed by atoms with E-state index in [0.29, 0.717) is 0 Å². The first-order valence-electron chi connectivity index (χ1n) is 3.63. The van der Waals surface area contributed by atoms with Crippen LogP contribution in [0.5, 0.6) is 0 Å². The summed E-state index contributed by atoms with van der Waals surface area (Å²) in [5, 5.41) is 35.6. The summed E-state index contributed by atoms with van der Waals surface area (Å²) in [5.41, 5.74) is 0. The standard InChI is InChI=1S/4C2H4O2.N.Zr/c4*1-2(3)4;;/h4*1H3,(H,3,4);;/q;;;;;+4/p-4. The minimum absolute atomic E-state index is 0. The zero-order chi connectivity index (χ0) is 14.3. The molecule has 0 aromatic rings. The molecule has 0 unspecified atom stereocenters. The SMILES string of the molecule is CC(=O)[O-].CC(=O)[O-].CC(=O)[O-].CC(=O)[O-].[N].[Zr+4]. The van der Waals surface area contributed by atoms with Gasteiger partial charge < -0.3 is 39.6 Å². The van der Waals surface area contributed by atoms with Gasteiger partial charge in [-0.25, -0.2) is 0 Å². The molecule has 0 aromatic heterocycles. The molecule has 0 heterocycles. The number of carbonyl (C=O) groups excluding carboxylic acids is 4. The maximum atomic E-state index is 8.89. The molecule has 0 saturated heterocycles. The van der Waals surface area contributed by atoms with Crippen LogP contribution in [-0.2, 0) is 45.4 Å². The van der Waals surface area contributed by atoms with E-state index in [9.17, 15) is 0 Å². The van der Waals surface area contributed by atoms with Crippen molar-refractivity contribution in [3.8, 4) is 0 Å². The van der Waals surface area contributed by atoms with Crippen LogP contribution in [0.1, 0.15) is 27.7 Å². The van der Waals surface area contributed by atoms with Crippen LogP contribution in [0.4, 0.5) is 0 Å². The van der Waals surface area contributed by atoms with Gasteiger partial charge in [-0.1, -0.05) is 0 Å². The number of carbonyl (C=O) groups is 4. The number of hydrogen-bond donors (Lipinski definition) is 0. The summed E-state index contributed by atoms with van der Waals surface area (Å²) >= 11 is 0. The maximum Gasteiger partial charge on any atom is 4.00 e. The normalized spacial score (nSPS) is 5.56. The molecule has 10 heteroatoms. The zero-order valence-corrected chi connectivity index (χ0v) is 12.7. The summed E-state index contributed by atoms with van der Waals surface area (Å²) in [6.07, 6.45) is 0. The van der Waals surface area contributed by atoms with Crippen LogP contribution in [0, 0.1) is 0 Å². The van der Waals surface area contributed by atoms with Crippen LogP contribution in [-0.4, -0.2) is 23.9 Å². The predicted molar refractivity (Wildman–Crippen MR) is 44.9 cm³/mol. The largest absolute Gasteiger partial charge is 4.00 e. The molecule has 3 radical (unpaired) electrons. The summed E-state index contributed by atoms with van der Waals surface area (Å²) in [4.78, 5) is 35.6. The molecule has 0 aliphatic heterocycles. The number of carboxylic acids is 4. The van der Waals surface area contributed by atoms with Gasteiger partial charge in [0.25, 0.3) is 0 Å². The van der Waals surface area contributed by atoms with Crippen LogP contribution < -0.4 is 26.6 Å². The Morgan fingerprint density at radius 1 is 0.556 bits per heavy atom. The summed E-state index contributed by atoms with van der Waals surface area (Å²) < 4.78 is 0.